The fourth-order valence-electron chi connectivity index (χ4n) is 3.30. The molecule has 0 unspecified atom stereocenters. The van der Waals surface area contributed by atoms with Gasteiger partial charge in [-0.05, 0) is 32.9 Å². The van der Waals surface area contributed by atoms with Crippen molar-refractivity contribution >= 4 is 17.7 Å². The number of aryl methyl sites for hydroxylation is 3. The molecule has 8 nitrogen and oxygen atoms in total. The Morgan fingerprint density at radius 1 is 1.09 bits per heavy atom. The molecule has 0 saturated carbocycles. The van der Waals surface area contributed by atoms with Crippen LogP contribution in [0.15, 0.2) is 34.9 Å². The van der Waals surface area contributed by atoms with Crippen LogP contribution in [-0.4, -0.2) is 40.9 Å². The fourth-order valence-corrected chi connectivity index (χ4v) is 3.30. The summed E-state index contributed by atoms with van der Waals surface area (Å²) in [5.74, 6) is -1.70. The van der Waals surface area contributed by atoms with E-state index in [4.69, 9.17) is 13.9 Å². The Balaban J connectivity index is 1.57. The molecule has 0 amide bonds. The third kappa shape index (κ3) is 5.11. The second-order valence-electron chi connectivity index (χ2n) is 7.03. The molecule has 0 saturated heterocycles. The van der Waals surface area contributed by atoms with E-state index in [1.54, 1.807) is 39.0 Å². The SMILES string of the molecule is CCOC(=O)c1c(C)[nH]c(C)c1C(=O)COC(=O)CCc1ncc(-c2ccccc2F)o1. The van der Waals surface area contributed by atoms with Gasteiger partial charge in [0, 0.05) is 17.8 Å². The highest BCUT2D eigenvalue weighted by molar-refractivity contribution is 6.09. The Morgan fingerprint density at radius 2 is 1.81 bits per heavy atom. The molecule has 0 aliphatic heterocycles. The van der Waals surface area contributed by atoms with Crippen molar-refractivity contribution in [3.63, 3.8) is 0 Å². The number of oxazole rings is 1. The molecular formula is C23H23FN2O6. The third-order valence-corrected chi connectivity index (χ3v) is 4.73. The first-order valence-corrected chi connectivity index (χ1v) is 10.1. The van der Waals surface area contributed by atoms with Crippen LogP contribution in [0.3, 0.4) is 0 Å². The number of hydrogen-bond acceptors (Lipinski definition) is 7. The minimum Gasteiger partial charge on any atom is -0.462 e. The van der Waals surface area contributed by atoms with Gasteiger partial charge in [0.05, 0.1) is 35.9 Å². The van der Waals surface area contributed by atoms with Gasteiger partial charge < -0.3 is 18.9 Å². The summed E-state index contributed by atoms with van der Waals surface area (Å²) in [5.41, 5.74) is 1.56. The molecule has 0 spiro atoms. The predicted molar refractivity (Wildman–Crippen MR) is 112 cm³/mol. The van der Waals surface area contributed by atoms with Gasteiger partial charge in [-0.1, -0.05) is 12.1 Å². The zero-order chi connectivity index (χ0) is 23.3. The Bertz CT molecular complexity index is 1150. The van der Waals surface area contributed by atoms with Gasteiger partial charge in [0.15, 0.2) is 18.3 Å². The highest BCUT2D eigenvalue weighted by atomic mass is 19.1. The molecule has 32 heavy (non-hydrogen) atoms. The van der Waals surface area contributed by atoms with Gasteiger partial charge in [0.1, 0.15) is 5.82 Å². The van der Waals surface area contributed by atoms with Gasteiger partial charge in [-0.3, -0.25) is 9.59 Å². The van der Waals surface area contributed by atoms with Gasteiger partial charge in [0.25, 0.3) is 0 Å². The zero-order valence-corrected chi connectivity index (χ0v) is 18.0. The molecule has 0 atom stereocenters. The van der Waals surface area contributed by atoms with Gasteiger partial charge in [0.2, 0.25) is 5.78 Å². The number of carbonyl (C=O) groups excluding carboxylic acids is 3. The van der Waals surface area contributed by atoms with E-state index >= 15 is 0 Å². The number of rotatable bonds is 9. The maximum absolute atomic E-state index is 13.8. The number of aromatic nitrogens is 2. The van der Waals surface area contributed by atoms with Crippen molar-refractivity contribution in [1.82, 2.24) is 9.97 Å². The maximum atomic E-state index is 13.8. The van der Waals surface area contributed by atoms with Crippen LogP contribution in [-0.2, 0) is 20.7 Å². The fraction of sp³-hybridized carbons (Fsp3) is 0.304. The van der Waals surface area contributed by atoms with Crippen molar-refractivity contribution in [2.24, 2.45) is 0 Å². The normalized spacial score (nSPS) is 10.8. The van der Waals surface area contributed by atoms with E-state index in [0.717, 1.165) is 0 Å². The summed E-state index contributed by atoms with van der Waals surface area (Å²) in [6.45, 7) is 4.64. The highest BCUT2D eigenvalue weighted by Gasteiger charge is 2.26. The van der Waals surface area contributed by atoms with Crippen LogP contribution in [0.1, 0.15) is 51.3 Å². The first-order chi connectivity index (χ1) is 15.3. The monoisotopic (exact) mass is 442 g/mol. The number of nitrogens with zero attached hydrogens (tertiary/aromatic N) is 1. The van der Waals surface area contributed by atoms with Crippen LogP contribution in [0.4, 0.5) is 4.39 Å². The van der Waals surface area contributed by atoms with Crippen LogP contribution in [0.2, 0.25) is 0 Å². The summed E-state index contributed by atoms with van der Waals surface area (Å²) < 4.78 is 29.4. The van der Waals surface area contributed by atoms with Gasteiger partial charge in [-0.2, -0.15) is 0 Å². The summed E-state index contributed by atoms with van der Waals surface area (Å²) in [5, 5.41) is 0. The van der Waals surface area contributed by atoms with E-state index in [9.17, 15) is 18.8 Å². The number of halogens is 1. The zero-order valence-electron chi connectivity index (χ0n) is 18.0. The number of carbonyl (C=O) groups is 3. The molecule has 2 heterocycles. The molecule has 3 rings (SSSR count). The van der Waals surface area contributed by atoms with Crippen molar-refractivity contribution in [3.05, 3.63) is 64.7 Å². The average molecular weight is 442 g/mol. The average Bonchev–Trinajstić information content (AvgIpc) is 3.34. The maximum Gasteiger partial charge on any atom is 0.340 e. The molecule has 0 fully saturated rings. The standard InChI is InChI=1S/C23H23FN2O6/c1-4-30-23(29)22-14(3)26-13(2)21(22)17(27)12-31-20(28)10-9-19-25-11-18(32-19)15-7-5-6-8-16(15)24/h5-8,11,26H,4,9-10,12H2,1-3H3. The minimum atomic E-state index is -0.633. The lowest BCUT2D eigenvalue weighted by molar-refractivity contribution is -0.142. The number of H-pyrrole nitrogens is 1. The molecule has 0 aliphatic rings. The van der Waals surface area contributed by atoms with E-state index in [2.05, 4.69) is 9.97 Å². The van der Waals surface area contributed by atoms with Crippen LogP contribution < -0.4 is 0 Å². The highest BCUT2D eigenvalue weighted by Crippen LogP contribution is 2.24. The molecule has 0 aliphatic carbocycles. The minimum absolute atomic E-state index is 0.0830. The Morgan fingerprint density at radius 3 is 2.53 bits per heavy atom. The molecule has 2 aromatic heterocycles. The van der Waals surface area contributed by atoms with E-state index in [-0.39, 0.29) is 47.8 Å². The quantitative estimate of drug-likeness (QED) is 0.394. The number of hydrogen-bond donors (Lipinski definition) is 1. The lowest BCUT2D eigenvalue weighted by atomic mass is 10.1. The summed E-state index contributed by atoms with van der Waals surface area (Å²) in [7, 11) is 0. The number of benzene rings is 1. The van der Waals surface area contributed by atoms with E-state index in [1.165, 1.54) is 12.3 Å². The predicted octanol–water partition coefficient (Wildman–Crippen LogP) is 3.96. The molecule has 0 bridgehead atoms. The molecule has 9 heteroatoms. The van der Waals surface area contributed by atoms with Gasteiger partial charge in [-0.25, -0.2) is 14.2 Å². The van der Waals surface area contributed by atoms with Crippen LogP contribution >= 0.6 is 0 Å². The van der Waals surface area contributed by atoms with Crippen LogP contribution in [0.5, 0.6) is 0 Å². The Hall–Kier alpha value is -3.75. The summed E-state index contributed by atoms with van der Waals surface area (Å²) in [6, 6.07) is 6.12. The van der Waals surface area contributed by atoms with Crippen LogP contribution in [0, 0.1) is 19.7 Å². The third-order valence-electron chi connectivity index (χ3n) is 4.73. The topological polar surface area (TPSA) is 111 Å². The Labute approximate surface area is 183 Å². The molecule has 0 radical (unpaired) electrons. The lowest BCUT2D eigenvalue weighted by Gasteiger charge is -2.07. The Kier molecular flexibility index (Phi) is 7.19. The molecule has 1 aromatic carbocycles. The van der Waals surface area contributed by atoms with Gasteiger partial charge >= 0.3 is 11.9 Å². The van der Waals surface area contributed by atoms with Gasteiger partial charge in [-0.15, -0.1) is 0 Å². The van der Waals surface area contributed by atoms with Crippen molar-refractivity contribution in [3.8, 4) is 11.3 Å². The smallest absolute Gasteiger partial charge is 0.340 e. The number of ether oxygens (including phenoxy) is 2. The summed E-state index contributed by atoms with van der Waals surface area (Å²) in [4.78, 5) is 43.9. The van der Waals surface area contributed by atoms with Crippen molar-refractivity contribution in [2.75, 3.05) is 13.2 Å². The molecular weight excluding hydrogens is 419 g/mol. The first kappa shape index (κ1) is 22.9. The number of nitrogens with one attached hydrogen (secondary N) is 1. The van der Waals surface area contributed by atoms with Crippen LogP contribution in [0.25, 0.3) is 11.3 Å². The molecule has 168 valence electrons. The van der Waals surface area contributed by atoms with Crippen molar-refractivity contribution in [2.45, 2.75) is 33.6 Å². The first-order valence-electron chi connectivity index (χ1n) is 10.1. The second kappa shape index (κ2) is 10.0. The summed E-state index contributed by atoms with van der Waals surface area (Å²) in [6.07, 6.45) is 1.43. The van der Waals surface area contributed by atoms with E-state index < -0.39 is 30.1 Å². The summed E-state index contributed by atoms with van der Waals surface area (Å²) >= 11 is 0. The molecule has 1 N–H and O–H groups in total. The number of esters is 2. The van der Waals surface area contributed by atoms with E-state index in [1.807, 2.05) is 0 Å². The largest absolute Gasteiger partial charge is 0.462 e. The number of ketones is 1. The van der Waals surface area contributed by atoms with Crippen molar-refractivity contribution < 1.29 is 32.7 Å². The molecule has 3 aromatic rings. The second-order valence-corrected chi connectivity index (χ2v) is 7.03. The lowest BCUT2D eigenvalue weighted by Crippen LogP contribution is -2.18. The number of Topliss-reactive ketones (excluding diaryl/α,β-unsaturated/α-hetero) is 1. The van der Waals surface area contributed by atoms with Crippen molar-refractivity contribution in [1.29, 1.82) is 0 Å². The number of aromatic amines is 1. The van der Waals surface area contributed by atoms with E-state index in [0.29, 0.717) is 11.4 Å².